The van der Waals surface area contributed by atoms with Gasteiger partial charge in [0.2, 0.25) is 0 Å². The van der Waals surface area contributed by atoms with Crippen LogP contribution in [0.1, 0.15) is 73.6 Å². The first-order chi connectivity index (χ1) is 9.57. The third-order valence-electron chi connectivity index (χ3n) is 4.20. The van der Waals surface area contributed by atoms with Crippen LogP contribution in [0.5, 0.6) is 0 Å². The van der Waals surface area contributed by atoms with Crippen LogP contribution in [-0.2, 0) is 4.74 Å². The summed E-state index contributed by atoms with van der Waals surface area (Å²) in [7, 11) is 0. The second-order valence-corrected chi connectivity index (χ2v) is 8.88. The van der Waals surface area contributed by atoms with Crippen LogP contribution in [0, 0.1) is 11.3 Å². The van der Waals surface area contributed by atoms with Crippen LogP contribution in [0.15, 0.2) is 0 Å². The normalized spacial score (nSPS) is 25.9. The van der Waals surface area contributed by atoms with Crippen molar-refractivity contribution in [2.45, 2.75) is 91.4 Å². The fraction of sp³-hybridized carbons (Fsp3) is 1.00. The third-order valence-corrected chi connectivity index (χ3v) is 4.20. The number of ether oxygens (including phenoxy) is 1. The van der Waals surface area contributed by atoms with Crippen LogP contribution in [0.4, 0.5) is 0 Å². The average Bonchev–Trinajstić information content (AvgIpc) is 2.31. The fourth-order valence-corrected chi connectivity index (χ4v) is 3.62. The summed E-state index contributed by atoms with van der Waals surface area (Å²) in [5.74, 6) is 0.768. The molecule has 1 aliphatic rings. The highest BCUT2D eigenvalue weighted by atomic mass is 16.5. The molecule has 3 unspecified atom stereocenters. The summed E-state index contributed by atoms with van der Waals surface area (Å²) in [5.41, 5.74) is 0.328. The standard InChI is InChI=1S/C18H37NO2/c1-14-8-7-9-16(10-14)21-12-15(20)11-19-18(5,6)13-17(2,3)4/h14-16,19-20H,7-13H2,1-6H3. The van der Waals surface area contributed by atoms with Crippen LogP contribution in [0.25, 0.3) is 0 Å². The van der Waals surface area contributed by atoms with E-state index in [1.807, 2.05) is 0 Å². The highest BCUT2D eigenvalue weighted by Gasteiger charge is 2.26. The number of aliphatic hydroxyl groups is 1. The zero-order valence-corrected chi connectivity index (χ0v) is 15.0. The van der Waals surface area contributed by atoms with Crippen molar-refractivity contribution in [2.75, 3.05) is 13.2 Å². The summed E-state index contributed by atoms with van der Waals surface area (Å²) in [4.78, 5) is 0. The van der Waals surface area contributed by atoms with Gasteiger partial charge in [-0.3, -0.25) is 0 Å². The van der Waals surface area contributed by atoms with E-state index in [0.717, 1.165) is 25.2 Å². The van der Waals surface area contributed by atoms with Gasteiger partial charge in [0, 0.05) is 12.1 Å². The number of hydrogen-bond acceptors (Lipinski definition) is 3. The topological polar surface area (TPSA) is 41.5 Å². The largest absolute Gasteiger partial charge is 0.389 e. The van der Waals surface area contributed by atoms with E-state index in [1.165, 1.54) is 12.8 Å². The van der Waals surface area contributed by atoms with Crippen molar-refractivity contribution in [3.8, 4) is 0 Å². The highest BCUT2D eigenvalue weighted by molar-refractivity contribution is 4.84. The molecule has 0 saturated heterocycles. The molecule has 0 bridgehead atoms. The van der Waals surface area contributed by atoms with Crippen molar-refractivity contribution < 1.29 is 9.84 Å². The van der Waals surface area contributed by atoms with Gasteiger partial charge in [-0.1, -0.05) is 40.5 Å². The Morgan fingerprint density at radius 2 is 1.86 bits per heavy atom. The lowest BCUT2D eigenvalue weighted by molar-refractivity contribution is -0.0324. The Morgan fingerprint density at radius 3 is 2.43 bits per heavy atom. The maximum atomic E-state index is 10.1. The zero-order chi connectivity index (χ0) is 16.1. The molecule has 3 nitrogen and oxygen atoms in total. The van der Waals surface area contributed by atoms with Crippen molar-refractivity contribution in [1.82, 2.24) is 5.32 Å². The molecule has 1 rings (SSSR count). The molecule has 1 aliphatic carbocycles. The van der Waals surface area contributed by atoms with Crippen molar-refractivity contribution in [2.24, 2.45) is 11.3 Å². The van der Waals surface area contributed by atoms with Crippen LogP contribution in [0.2, 0.25) is 0 Å². The van der Waals surface area contributed by atoms with Gasteiger partial charge in [-0.05, 0) is 44.4 Å². The Hall–Kier alpha value is -0.120. The second kappa shape index (κ2) is 7.94. The number of nitrogens with one attached hydrogen (secondary N) is 1. The van der Waals surface area contributed by atoms with Crippen LogP contribution < -0.4 is 5.32 Å². The summed E-state index contributed by atoms with van der Waals surface area (Å²) >= 11 is 0. The number of aliphatic hydroxyl groups excluding tert-OH is 1. The quantitative estimate of drug-likeness (QED) is 0.752. The minimum Gasteiger partial charge on any atom is -0.389 e. The van der Waals surface area contributed by atoms with Gasteiger partial charge in [0.1, 0.15) is 0 Å². The number of hydrogen-bond donors (Lipinski definition) is 2. The molecule has 0 aromatic carbocycles. The van der Waals surface area contributed by atoms with E-state index in [4.69, 9.17) is 4.74 Å². The monoisotopic (exact) mass is 299 g/mol. The van der Waals surface area contributed by atoms with E-state index in [2.05, 4.69) is 46.9 Å². The van der Waals surface area contributed by atoms with Crippen molar-refractivity contribution in [3.63, 3.8) is 0 Å². The van der Waals surface area contributed by atoms with E-state index >= 15 is 0 Å². The first-order valence-electron chi connectivity index (χ1n) is 8.62. The van der Waals surface area contributed by atoms with E-state index < -0.39 is 6.10 Å². The molecule has 0 aliphatic heterocycles. The predicted octanol–water partition coefficient (Wildman–Crippen LogP) is 3.75. The Labute approximate surface area is 131 Å². The van der Waals surface area contributed by atoms with Gasteiger partial charge in [0.05, 0.1) is 18.8 Å². The molecule has 0 spiro atoms. The van der Waals surface area contributed by atoms with Crippen molar-refractivity contribution in [1.29, 1.82) is 0 Å². The first kappa shape index (κ1) is 18.9. The lowest BCUT2D eigenvalue weighted by Crippen LogP contribution is -2.46. The first-order valence-corrected chi connectivity index (χ1v) is 8.62. The average molecular weight is 299 g/mol. The Kier molecular flexibility index (Phi) is 7.15. The Bertz CT molecular complexity index is 296. The van der Waals surface area contributed by atoms with Crippen molar-refractivity contribution >= 4 is 0 Å². The molecule has 0 radical (unpaired) electrons. The molecule has 21 heavy (non-hydrogen) atoms. The number of β-amino-alcohol motifs (C(OH)–C–C–N with tert-alkyl or cyclic N) is 1. The molecule has 0 amide bonds. The van der Waals surface area contributed by atoms with Gasteiger partial charge in [0.15, 0.2) is 0 Å². The van der Waals surface area contributed by atoms with Crippen LogP contribution in [-0.4, -0.2) is 36.0 Å². The Balaban J connectivity index is 2.22. The highest BCUT2D eigenvalue weighted by Crippen LogP contribution is 2.27. The maximum absolute atomic E-state index is 10.1. The lowest BCUT2D eigenvalue weighted by atomic mass is 9.82. The Morgan fingerprint density at radius 1 is 1.19 bits per heavy atom. The molecule has 0 heterocycles. The van der Waals surface area contributed by atoms with Crippen LogP contribution >= 0.6 is 0 Å². The minimum absolute atomic E-state index is 0.0403. The molecule has 3 heteroatoms. The smallest absolute Gasteiger partial charge is 0.0898 e. The van der Waals surface area contributed by atoms with Gasteiger partial charge in [-0.25, -0.2) is 0 Å². The zero-order valence-electron chi connectivity index (χ0n) is 15.0. The van der Waals surface area contributed by atoms with Gasteiger partial charge in [-0.2, -0.15) is 0 Å². The molecule has 1 saturated carbocycles. The van der Waals surface area contributed by atoms with Gasteiger partial charge in [-0.15, -0.1) is 0 Å². The summed E-state index contributed by atoms with van der Waals surface area (Å²) in [5, 5.41) is 13.6. The molecule has 0 aromatic rings. The summed E-state index contributed by atoms with van der Waals surface area (Å²) in [6.45, 7) is 14.5. The molecular weight excluding hydrogens is 262 g/mol. The van der Waals surface area contributed by atoms with Gasteiger partial charge < -0.3 is 15.2 Å². The molecule has 126 valence electrons. The van der Waals surface area contributed by atoms with E-state index in [9.17, 15) is 5.11 Å². The minimum atomic E-state index is -0.415. The van der Waals surface area contributed by atoms with E-state index in [-0.39, 0.29) is 11.0 Å². The van der Waals surface area contributed by atoms with Gasteiger partial charge >= 0.3 is 0 Å². The fourth-order valence-electron chi connectivity index (χ4n) is 3.62. The molecule has 1 fully saturated rings. The SMILES string of the molecule is CC1CCCC(OCC(O)CNC(C)(C)CC(C)(C)C)C1. The molecular formula is C18H37NO2. The lowest BCUT2D eigenvalue weighted by Gasteiger charge is -2.34. The predicted molar refractivity (Wildman–Crippen MR) is 89.5 cm³/mol. The van der Waals surface area contributed by atoms with Crippen molar-refractivity contribution in [3.05, 3.63) is 0 Å². The summed E-state index contributed by atoms with van der Waals surface area (Å²) < 4.78 is 5.89. The third kappa shape index (κ3) is 8.80. The second-order valence-electron chi connectivity index (χ2n) is 8.88. The molecule has 2 N–H and O–H groups in total. The summed E-state index contributed by atoms with van der Waals surface area (Å²) in [6, 6.07) is 0. The molecule has 3 atom stereocenters. The van der Waals surface area contributed by atoms with E-state index in [0.29, 0.717) is 19.3 Å². The maximum Gasteiger partial charge on any atom is 0.0898 e. The van der Waals surface area contributed by atoms with E-state index in [1.54, 1.807) is 0 Å². The van der Waals surface area contributed by atoms with Gasteiger partial charge in [0.25, 0.3) is 0 Å². The number of rotatable bonds is 7. The molecule has 0 aromatic heterocycles. The van der Waals surface area contributed by atoms with Crippen LogP contribution in [0.3, 0.4) is 0 Å². The summed E-state index contributed by atoms with van der Waals surface area (Å²) in [6.07, 6.45) is 5.90.